The quantitative estimate of drug-likeness (QED) is 0.855. The van der Waals surface area contributed by atoms with Crippen molar-refractivity contribution in [3.8, 4) is 5.88 Å². The van der Waals surface area contributed by atoms with E-state index in [9.17, 15) is 0 Å². The number of nitrogens with one attached hydrogen (secondary N) is 1. The van der Waals surface area contributed by atoms with Crippen LogP contribution in [0.5, 0.6) is 5.88 Å². The maximum atomic E-state index is 5.90. The van der Waals surface area contributed by atoms with Crippen LogP contribution >= 0.6 is 0 Å². The Morgan fingerprint density at radius 2 is 2.05 bits per heavy atom. The van der Waals surface area contributed by atoms with E-state index in [-0.39, 0.29) is 0 Å². The molecule has 2 rings (SSSR count). The number of aromatic nitrogens is 1. The summed E-state index contributed by atoms with van der Waals surface area (Å²) in [7, 11) is 1.62. The van der Waals surface area contributed by atoms with Crippen LogP contribution in [0.25, 0.3) is 0 Å². The van der Waals surface area contributed by atoms with Gasteiger partial charge in [-0.3, -0.25) is 0 Å². The van der Waals surface area contributed by atoms with Crippen molar-refractivity contribution >= 4 is 11.5 Å². The Bertz CT molecular complexity index is 400. The lowest BCUT2D eigenvalue weighted by Gasteiger charge is -2.26. The Morgan fingerprint density at radius 1 is 1.32 bits per heavy atom. The summed E-state index contributed by atoms with van der Waals surface area (Å²) in [5.74, 6) is 3.11. The highest BCUT2D eigenvalue weighted by Crippen LogP contribution is 2.30. The standard InChI is InChI=1S/C15H25N3O/c1-11-3-5-12(6-4-11)9-10-17-15-13(16)7-8-14(18-15)19-2/h7-8,11-12H,3-6,9-10,16H2,1-2H3,(H,17,18). The number of rotatable bonds is 5. The summed E-state index contributed by atoms with van der Waals surface area (Å²) >= 11 is 0. The average Bonchev–Trinajstić information content (AvgIpc) is 2.43. The largest absolute Gasteiger partial charge is 0.481 e. The summed E-state index contributed by atoms with van der Waals surface area (Å²) < 4.78 is 5.11. The maximum Gasteiger partial charge on any atom is 0.215 e. The highest BCUT2D eigenvalue weighted by Gasteiger charge is 2.17. The molecule has 0 amide bonds. The molecular formula is C15H25N3O. The minimum atomic E-state index is 0.600. The van der Waals surface area contributed by atoms with Crippen LogP contribution in [-0.4, -0.2) is 18.6 Å². The molecule has 0 aromatic carbocycles. The van der Waals surface area contributed by atoms with Crippen molar-refractivity contribution in [2.24, 2.45) is 11.8 Å². The van der Waals surface area contributed by atoms with E-state index in [1.165, 1.54) is 32.1 Å². The van der Waals surface area contributed by atoms with Crippen LogP contribution in [-0.2, 0) is 0 Å². The molecule has 1 saturated carbocycles. The highest BCUT2D eigenvalue weighted by molar-refractivity contribution is 5.61. The molecule has 1 aliphatic carbocycles. The van der Waals surface area contributed by atoms with Crippen molar-refractivity contribution < 1.29 is 4.74 Å². The normalized spacial score (nSPS) is 23.1. The van der Waals surface area contributed by atoms with Crippen LogP contribution < -0.4 is 15.8 Å². The number of hydrogen-bond acceptors (Lipinski definition) is 4. The fourth-order valence-electron chi connectivity index (χ4n) is 2.72. The maximum absolute atomic E-state index is 5.90. The first-order valence-corrected chi connectivity index (χ1v) is 7.23. The molecular weight excluding hydrogens is 238 g/mol. The summed E-state index contributed by atoms with van der Waals surface area (Å²) in [5.41, 5.74) is 6.58. The summed E-state index contributed by atoms with van der Waals surface area (Å²) in [5, 5.41) is 3.33. The molecule has 1 fully saturated rings. The summed E-state index contributed by atoms with van der Waals surface area (Å²) in [6.07, 6.45) is 6.69. The minimum absolute atomic E-state index is 0.600. The van der Waals surface area contributed by atoms with E-state index >= 15 is 0 Å². The third kappa shape index (κ3) is 4.01. The first-order valence-electron chi connectivity index (χ1n) is 7.23. The van der Waals surface area contributed by atoms with Crippen molar-refractivity contribution in [3.63, 3.8) is 0 Å². The molecule has 1 aromatic rings. The fraction of sp³-hybridized carbons (Fsp3) is 0.667. The zero-order valence-electron chi connectivity index (χ0n) is 12.0. The zero-order chi connectivity index (χ0) is 13.7. The number of pyridine rings is 1. The monoisotopic (exact) mass is 263 g/mol. The second-order valence-corrected chi connectivity index (χ2v) is 5.63. The van der Waals surface area contributed by atoms with Gasteiger partial charge in [0.15, 0.2) is 5.82 Å². The molecule has 0 bridgehead atoms. The molecule has 0 radical (unpaired) electrons. The Balaban J connectivity index is 1.79. The van der Waals surface area contributed by atoms with Crippen molar-refractivity contribution in [2.45, 2.75) is 39.0 Å². The van der Waals surface area contributed by atoms with Gasteiger partial charge in [-0.1, -0.05) is 32.6 Å². The Labute approximate surface area is 115 Å². The van der Waals surface area contributed by atoms with Gasteiger partial charge in [0, 0.05) is 12.6 Å². The molecule has 19 heavy (non-hydrogen) atoms. The van der Waals surface area contributed by atoms with Gasteiger partial charge in [-0.15, -0.1) is 0 Å². The van der Waals surface area contributed by atoms with Crippen molar-refractivity contribution in [2.75, 3.05) is 24.7 Å². The molecule has 0 aliphatic heterocycles. The molecule has 3 N–H and O–H groups in total. The first-order chi connectivity index (χ1) is 9.19. The van der Waals surface area contributed by atoms with Gasteiger partial charge in [0.1, 0.15) is 0 Å². The van der Waals surface area contributed by atoms with E-state index in [1.807, 2.05) is 6.07 Å². The number of nitrogens with zero attached hydrogens (tertiary/aromatic N) is 1. The van der Waals surface area contributed by atoms with Gasteiger partial charge < -0.3 is 15.8 Å². The molecule has 4 nitrogen and oxygen atoms in total. The highest BCUT2D eigenvalue weighted by atomic mass is 16.5. The van der Waals surface area contributed by atoms with E-state index in [1.54, 1.807) is 13.2 Å². The summed E-state index contributed by atoms with van der Waals surface area (Å²) in [6, 6.07) is 3.61. The van der Waals surface area contributed by atoms with Gasteiger partial charge >= 0.3 is 0 Å². The molecule has 1 aromatic heterocycles. The predicted molar refractivity (Wildman–Crippen MR) is 79.4 cm³/mol. The van der Waals surface area contributed by atoms with Crippen LogP contribution in [0.15, 0.2) is 12.1 Å². The van der Waals surface area contributed by atoms with Gasteiger partial charge in [0.2, 0.25) is 5.88 Å². The molecule has 106 valence electrons. The number of hydrogen-bond donors (Lipinski definition) is 2. The zero-order valence-corrected chi connectivity index (χ0v) is 12.0. The molecule has 0 spiro atoms. The Morgan fingerprint density at radius 3 is 2.74 bits per heavy atom. The Kier molecular flexibility index (Phi) is 4.88. The number of nitrogen functional groups attached to an aromatic ring is 1. The first kappa shape index (κ1) is 14.0. The van der Waals surface area contributed by atoms with E-state index < -0.39 is 0 Å². The van der Waals surface area contributed by atoms with Gasteiger partial charge in [0.25, 0.3) is 0 Å². The number of ether oxygens (including phenoxy) is 1. The van der Waals surface area contributed by atoms with Crippen LogP contribution in [0, 0.1) is 11.8 Å². The number of anilines is 2. The number of methoxy groups -OCH3 is 1. The minimum Gasteiger partial charge on any atom is -0.481 e. The molecule has 4 heteroatoms. The average molecular weight is 263 g/mol. The van der Waals surface area contributed by atoms with Crippen LogP contribution in [0.2, 0.25) is 0 Å². The molecule has 1 heterocycles. The third-order valence-corrected chi connectivity index (χ3v) is 4.09. The predicted octanol–water partition coefficient (Wildman–Crippen LogP) is 3.30. The second-order valence-electron chi connectivity index (χ2n) is 5.63. The van der Waals surface area contributed by atoms with Crippen molar-refractivity contribution in [1.82, 2.24) is 4.98 Å². The lowest BCUT2D eigenvalue weighted by molar-refractivity contribution is 0.282. The second kappa shape index (κ2) is 6.64. The van der Waals surface area contributed by atoms with Crippen molar-refractivity contribution in [1.29, 1.82) is 0 Å². The van der Waals surface area contributed by atoms with Gasteiger partial charge in [-0.2, -0.15) is 4.98 Å². The molecule has 0 unspecified atom stereocenters. The van der Waals surface area contributed by atoms with E-state index in [2.05, 4.69) is 17.2 Å². The Hall–Kier alpha value is -1.45. The van der Waals surface area contributed by atoms with Gasteiger partial charge in [-0.25, -0.2) is 0 Å². The van der Waals surface area contributed by atoms with Crippen LogP contribution in [0.1, 0.15) is 39.0 Å². The van der Waals surface area contributed by atoms with Gasteiger partial charge in [-0.05, 0) is 24.3 Å². The number of nitrogens with two attached hydrogens (primary N) is 1. The molecule has 0 saturated heterocycles. The molecule has 0 atom stereocenters. The van der Waals surface area contributed by atoms with Crippen LogP contribution in [0.4, 0.5) is 11.5 Å². The molecule has 1 aliphatic rings. The van der Waals surface area contributed by atoms with Gasteiger partial charge in [0.05, 0.1) is 12.8 Å². The fourth-order valence-corrected chi connectivity index (χ4v) is 2.72. The van der Waals surface area contributed by atoms with E-state index in [0.29, 0.717) is 11.6 Å². The topological polar surface area (TPSA) is 60.2 Å². The van der Waals surface area contributed by atoms with E-state index in [4.69, 9.17) is 10.5 Å². The smallest absolute Gasteiger partial charge is 0.215 e. The lowest BCUT2D eigenvalue weighted by atomic mass is 9.81. The van der Waals surface area contributed by atoms with E-state index in [0.717, 1.165) is 24.2 Å². The third-order valence-electron chi connectivity index (χ3n) is 4.09. The SMILES string of the molecule is COc1ccc(N)c(NCCC2CCC(C)CC2)n1. The summed E-state index contributed by atoms with van der Waals surface area (Å²) in [6.45, 7) is 3.29. The van der Waals surface area contributed by atoms with Crippen LogP contribution in [0.3, 0.4) is 0 Å². The lowest BCUT2D eigenvalue weighted by Crippen LogP contribution is -2.16. The summed E-state index contributed by atoms with van der Waals surface area (Å²) in [4.78, 5) is 4.33. The van der Waals surface area contributed by atoms with Crippen molar-refractivity contribution in [3.05, 3.63) is 12.1 Å².